The van der Waals surface area contributed by atoms with Crippen molar-refractivity contribution in [2.24, 2.45) is 0 Å². The van der Waals surface area contributed by atoms with Gasteiger partial charge in [-0.25, -0.2) is 4.79 Å². The van der Waals surface area contributed by atoms with E-state index in [0.717, 1.165) is 4.47 Å². The normalized spacial score (nSPS) is 12.2. The molecule has 0 aromatic heterocycles. The Bertz CT molecular complexity index is 352. The zero-order valence-corrected chi connectivity index (χ0v) is 9.08. The van der Waals surface area contributed by atoms with Gasteiger partial charge in [-0.1, -0.05) is 22.0 Å². The van der Waals surface area contributed by atoms with E-state index in [1.54, 1.807) is 25.1 Å². The molecule has 1 aromatic rings. The molecule has 0 bridgehead atoms. The highest BCUT2D eigenvalue weighted by molar-refractivity contribution is 9.10. The quantitative estimate of drug-likeness (QED) is 0.765. The number of anilines is 1. The van der Waals surface area contributed by atoms with Gasteiger partial charge in [0.05, 0.1) is 11.8 Å². The van der Waals surface area contributed by atoms with Crippen LogP contribution in [0, 0.1) is 0 Å². The second-order valence-corrected chi connectivity index (χ2v) is 3.75. The second-order valence-electron chi connectivity index (χ2n) is 2.84. The molecule has 0 saturated carbocycles. The fraction of sp³-hybridized carbons (Fsp3) is 0.222. The topological polar surface area (TPSA) is 69.6 Å². The minimum atomic E-state index is -1.15. The SMILES string of the molecule is CC(O)c1ccc(Br)cc1NC(=O)O. The molecule has 0 saturated heterocycles. The number of rotatable bonds is 2. The number of carbonyl (C=O) groups is 1. The molecular weight excluding hydrogens is 250 g/mol. The Labute approximate surface area is 89.7 Å². The van der Waals surface area contributed by atoms with Crippen LogP contribution in [0.15, 0.2) is 22.7 Å². The van der Waals surface area contributed by atoms with Crippen molar-refractivity contribution in [1.29, 1.82) is 0 Å². The first kappa shape index (κ1) is 11.0. The standard InChI is InChI=1S/C9H10BrNO3/c1-5(12)7-3-2-6(10)4-8(7)11-9(13)14/h2-5,11-12H,1H3,(H,13,14). The Hall–Kier alpha value is -1.07. The summed E-state index contributed by atoms with van der Waals surface area (Å²) in [4.78, 5) is 10.4. The van der Waals surface area contributed by atoms with Crippen molar-refractivity contribution in [3.63, 3.8) is 0 Å². The maximum atomic E-state index is 10.4. The smallest absolute Gasteiger partial charge is 0.409 e. The lowest BCUT2D eigenvalue weighted by molar-refractivity contribution is 0.199. The monoisotopic (exact) mass is 259 g/mol. The zero-order chi connectivity index (χ0) is 10.7. The Morgan fingerprint density at radius 2 is 2.21 bits per heavy atom. The minimum absolute atomic E-state index is 0.391. The lowest BCUT2D eigenvalue weighted by Gasteiger charge is -2.11. The summed E-state index contributed by atoms with van der Waals surface area (Å²) in [5.41, 5.74) is 0.942. The Morgan fingerprint density at radius 1 is 1.57 bits per heavy atom. The molecule has 5 heteroatoms. The highest BCUT2D eigenvalue weighted by atomic mass is 79.9. The summed E-state index contributed by atoms with van der Waals surface area (Å²) in [6.45, 7) is 1.58. The molecule has 0 fully saturated rings. The number of halogens is 1. The van der Waals surface area contributed by atoms with E-state index in [1.165, 1.54) is 0 Å². The molecule has 0 heterocycles. The Morgan fingerprint density at radius 3 is 2.71 bits per heavy atom. The van der Waals surface area contributed by atoms with E-state index >= 15 is 0 Å². The first-order chi connectivity index (χ1) is 6.50. The van der Waals surface area contributed by atoms with Crippen molar-refractivity contribution in [3.05, 3.63) is 28.2 Å². The van der Waals surface area contributed by atoms with Crippen molar-refractivity contribution in [2.45, 2.75) is 13.0 Å². The molecule has 1 amide bonds. The van der Waals surface area contributed by atoms with Gasteiger partial charge in [-0.3, -0.25) is 5.32 Å². The average Bonchev–Trinajstić information content (AvgIpc) is 2.01. The summed E-state index contributed by atoms with van der Waals surface area (Å²) in [6.07, 6.45) is -1.85. The number of hydrogen-bond donors (Lipinski definition) is 3. The van der Waals surface area contributed by atoms with E-state index in [-0.39, 0.29) is 0 Å². The summed E-state index contributed by atoms with van der Waals surface area (Å²) >= 11 is 3.22. The van der Waals surface area contributed by atoms with Crippen LogP contribution >= 0.6 is 15.9 Å². The van der Waals surface area contributed by atoms with Gasteiger partial charge < -0.3 is 10.2 Å². The van der Waals surface area contributed by atoms with Gasteiger partial charge >= 0.3 is 6.09 Å². The molecule has 1 aromatic carbocycles. The molecule has 0 radical (unpaired) electrons. The van der Waals surface area contributed by atoms with Crippen molar-refractivity contribution >= 4 is 27.7 Å². The van der Waals surface area contributed by atoms with Gasteiger partial charge in [-0.2, -0.15) is 0 Å². The third kappa shape index (κ3) is 2.71. The molecule has 1 atom stereocenters. The van der Waals surface area contributed by atoms with Crippen molar-refractivity contribution < 1.29 is 15.0 Å². The Balaban J connectivity index is 3.09. The van der Waals surface area contributed by atoms with E-state index in [2.05, 4.69) is 21.2 Å². The lowest BCUT2D eigenvalue weighted by atomic mass is 10.1. The fourth-order valence-electron chi connectivity index (χ4n) is 1.12. The molecule has 0 spiro atoms. The minimum Gasteiger partial charge on any atom is -0.465 e. The fourth-order valence-corrected chi connectivity index (χ4v) is 1.48. The predicted octanol–water partition coefficient (Wildman–Crippen LogP) is 2.59. The van der Waals surface area contributed by atoms with Gasteiger partial charge in [0.2, 0.25) is 0 Å². The Kier molecular flexibility index (Phi) is 3.49. The van der Waals surface area contributed by atoms with Gasteiger partial charge in [-0.15, -0.1) is 0 Å². The van der Waals surface area contributed by atoms with Crippen LogP contribution in [0.2, 0.25) is 0 Å². The second kappa shape index (κ2) is 4.43. The molecule has 4 nitrogen and oxygen atoms in total. The highest BCUT2D eigenvalue weighted by Gasteiger charge is 2.09. The number of benzene rings is 1. The number of carboxylic acid groups (broad SMARTS) is 1. The van der Waals surface area contributed by atoms with E-state index in [0.29, 0.717) is 11.3 Å². The maximum Gasteiger partial charge on any atom is 0.409 e. The summed E-state index contributed by atoms with van der Waals surface area (Å²) in [5, 5.41) is 20.1. The van der Waals surface area contributed by atoms with Crippen molar-refractivity contribution in [1.82, 2.24) is 0 Å². The van der Waals surface area contributed by atoms with Crippen LogP contribution in [0.5, 0.6) is 0 Å². The van der Waals surface area contributed by atoms with Crippen molar-refractivity contribution in [3.8, 4) is 0 Å². The van der Waals surface area contributed by atoms with Crippen LogP contribution < -0.4 is 5.32 Å². The van der Waals surface area contributed by atoms with Crippen molar-refractivity contribution in [2.75, 3.05) is 5.32 Å². The molecule has 1 rings (SSSR count). The number of aliphatic hydroxyl groups is 1. The molecular formula is C9H10BrNO3. The van der Waals surface area contributed by atoms with E-state index in [4.69, 9.17) is 5.11 Å². The van der Waals surface area contributed by atoms with Gasteiger partial charge in [0, 0.05) is 10.0 Å². The van der Waals surface area contributed by atoms with Crippen LogP contribution in [0.1, 0.15) is 18.6 Å². The zero-order valence-electron chi connectivity index (χ0n) is 7.49. The largest absolute Gasteiger partial charge is 0.465 e. The van der Waals surface area contributed by atoms with Crippen LogP contribution in [-0.2, 0) is 0 Å². The summed E-state index contributed by atoms with van der Waals surface area (Å²) in [7, 11) is 0. The van der Waals surface area contributed by atoms with Gasteiger partial charge in [0.1, 0.15) is 0 Å². The molecule has 76 valence electrons. The molecule has 0 aliphatic heterocycles. The number of amides is 1. The van der Waals surface area contributed by atoms with Crippen LogP contribution in [-0.4, -0.2) is 16.3 Å². The van der Waals surface area contributed by atoms with Crippen LogP contribution in [0.4, 0.5) is 10.5 Å². The van der Waals surface area contributed by atoms with E-state index in [1.807, 2.05) is 0 Å². The number of aliphatic hydroxyl groups excluding tert-OH is 1. The average molecular weight is 260 g/mol. The molecule has 0 aliphatic rings. The summed E-state index contributed by atoms with van der Waals surface area (Å²) in [6, 6.07) is 5.02. The third-order valence-corrected chi connectivity index (χ3v) is 2.20. The lowest BCUT2D eigenvalue weighted by Crippen LogP contribution is -2.10. The van der Waals surface area contributed by atoms with E-state index < -0.39 is 12.2 Å². The summed E-state index contributed by atoms with van der Waals surface area (Å²) in [5.74, 6) is 0. The first-order valence-electron chi connectivity index (χ1n) is 3.98. The molecule has 14 heavy (non-hydrogen) atoms. The molecule has 1 unspecified atom stereocenters. The van der Waals surface area contributed by atoms with Gasteiger partial charge in [0.15, 0.2) is 0 Å². The van der Waals surface area contributed by atoms with Gasteiger partial charge in [0.25, 0.3) is 0 Å². The van der Waals surface area contributed by atoms with E-state index in [9.17, 15) is 9.90 Å². The third-order valence-electron chi connectivity index (χ3n) is 1.71. The van der Waals surface area contributed by atoms with Gasteiger partial charge in [-0.05, 0) is 19.1 Å². The number of nitrogens with one attached hydrogen (secondary N) is 1. The predicted molar refractivity (Wildman–Crippen MR) is 56.4 cm³/mol. The number of hydrogen-bond acceptors (Lipinski definition) is 2. The highest BCUT2D eigenvalue weighted by Crippen LogP contribution is 2.26. The molecule has 0 aliphatic carbocycles. The molecule has 3 N–H and O–H groups in total. The first-order valence-corrected chi connectivity index (χ1v) is 4.77. The maximum absolute atomic E-state index is 10.4. The van der Waals surface area contributed by atoms with Crippen LogP contribution in [0.25, 0.3) is 0 Å². The van der Waals surface area contributed by atoms with Crippen LogP contribution in [0.3, 0.4) is 0 Å². The summed E-state index contributed by atoms with van der Waals surface area (Å²) < 4.78 is 0.755.